The van der Waals surface area contributed by atoms with Gasteiger partial charge in [0.25, 0.3) is 5.91 Å². The van der Waals surface area contributed by atoms with Crippen molar-refractivity contribution in [2.24, 2.45) is 0 Å². The molecule has 2 bridgehead atoms. The highest BCUT2D eigenvalue weighted by molar-refractivity contribution is 5.77. The lowest BCUT2D eigenvalue weighted by molar-refractivity contribution is -0.124. The van der Waals surface area contributed by atoms with Crippen LogP contribution in [0, 0.1) is 0 Å². The van der Waals surface area contributed by atoms with Gasteiger partial charge < -0.3 is 15.4 Å². The topological polar surface area (TPSA) is 50.4 Å². The second kappa shape index (κ2) is 7.35. The zero-order chi connectivity index (χ0) is 16.2. The van der Waals surface area contributed by atoms with Gasteiger partial charge in [-0.15, -0.1) is 0 Å². The molecule has 0 aliphatic carbocycles. The Labute approximate surface area is 139 Å². The average Bonchev–Trinajstić information content (AvgIpc) is 2.91. The number of amides is 1. The number of fused-ring (bicyclic) bond motifs is 2. The number of hydrogen-bond acceptors (Lipinski definition) is 3. The molecule has 0 aromatic heterocycles. The number of carbonyl (C=O) groups is 1. The van der Waals surface area contributed by atoms with E-state index in [9.17, 15) is 4.79 Å². The Bertz CT molecular complexity index is 534. The largest absolute Gasteiger partial charge is 0.483 e. The number of para-hydroxylation sites is 1. The molecule has 1 aromatic carbocycles. The van der Waals surface area contributed by atoms with Gasteiger partial charge in [-0.3, -0.25) is 4.79 Å². The summed E-state index contributed by atoms with van der Waals surface area (Å²) in [6, 6.07) is 9.51. The molecular weight excluding hydrogens is 288 g/mol. The van der Waals surface area contributed by atoms with Crippen LogP contribution in [0.1, 0.15) is 57.4 Å². The molecular formula is C19H28N2O2. The molecule has 23 heavy (non-hydrogen) atoms. The predicted octanol–water partition coefficient (Wildman–Crippen LogP) is 2.98. The number of benzene rings is 1. The summed E-state index contributed by atoms with van der Waals surface area (Å²) in [6.45, 7) is 4.46. The summed E-state index contributed by atoms with van der Waals surface area (Å²) in [7, 11) is 0. The fraction of sp³-hybridized carbons (Fsp3) is 0.632. The van der Waals surface area contributed by atoms with Crippen LogP contribution in [0.2, 0.25) is 0 Å². The highest BCUT2D eigenvalue weighted by Gasteiger charge is 2.33. The molecule has 2 N–H and O–H groups in total. The molecule has 4 heteroatoms. The first-order valence-electron chi connectivity index (χ1n) is 8.92. The molecule has 2 heterocycles. The van der Waals surface area contributed by atoms with Crippen molar-refractivity contribution in [3.63, 3.8) is 0 Å². The monoisotopic (exact) mass is 316 g/mol. The van der Waals surface area contributed by atoms with E-state index >= 15 is 0 Å². The van der Waals surface area contributed by atoms with Gasteiger partial charge in [0.05, 0.1) is 0 Å². The van der Waals surface area contributed by atoms with E-state index in [2.05, 4.69) is 30.5 Å². The minimum Gasteiger partial charge on any atom is -0.483 e. The molecule has 0 saturated carbocycles. The maximum atomic E-state index is 12.2. The van der Waals surface area contributed by atoms with E-state index in [1.54, 1.807) is 0 Å². The summed E-state index contributed by atoms with van der Waals surface area (Å²) >= 11 is 0. The number of hydrogen-bond donors (Lipinski definition) is 2. The van der Waals surface area contributed by atoms with E-state index in [0.29, 0.717) is 24.0 Å². The first kappa shape index (κ1) is 16.3. The fourth-order valence-corrected chi connectivity index (χ4v) is 3.83. The molecule has 1 amide bonds. The lowest BCUT2D eigenvalue weighted by Crippen LogP contribution is -2.49. The third-order valence-electron chi connectivity index (χ3n) is 5.26. The van der Waals surface area contributed by atoms with Crippen molar-refractivity contribution in [2.75, 3.05) is 6.61 Å². The van der Waals surface area contributed by atoms with Crippen molar-refractivity contribution >= 4 is 5.91 Å². The Balaban J connectivity index is 1.51. The van der Waals surface area contributed by atoms with E-state index in [1.165, 1.54) is 18.4 Å². The summed E-state index contributed by atoms with van der Waals surface area (Å²) in [5.74, 6) is 1.27. The van der Waals surface area contributed by atoms with Gasteiger partial charge in [0.15, 0.2) is 6.61 Å². The van der Waals surface area contributed by atoms with Crippen molar-refractivity contribution in [1.82, 2.24) is 10.6 Å². The second-order valence-electron chi connectivity index (χ2n) is 7.01. The Hall–Kier alpha value is -1.55. The van der Waals surface area contributed by atoms with Gasteiger partial charge in [-0.2, -0.15) is 0 Å². The van der Waals surface area contributed by atoms with Crippen LogP contribution < -0.4 is 15.4 Å². The number of carbonyl (C=O) groups excluding carboxylic acids is 1. The third kappa shape index (κ3) is 4.05. The normalized spacial score (nSPS) is 27.5. The van der Waals surface area contributed by atoms with Gasteiger partial charge >= 0.3 is 0 Å². The van der Waals surface area contributed by atoms with Crippen LogP contribution in [-0.2, 0) is 4.79 Å². The first-order chi connectivity index (χ1) is 11.2. The second-order valence-corrected chi connectivity index (χ2v) is 7.01. The Morgan fingerprint density at radius 2 is 2.00 bits per heavy atom. The maximum Gasteiger partial charge on any atom is 0.258 e. The predicted molar refractivity (Wildman–Crippen MR) is 91.8 cm³/mol. The Morgan fingerprint density at radius 1 is 1.30 bits per heavy atom. The van der Waals surface area contributed by atoms with E-state index < -0.39 is 0 Å². The van der Waals surface area contributed by atoms with Gasteiger partial charge in [0.2, 0.25) is 0 Å². The molecule has 2 fully saturated rings. The maximum absolute atomic E-state index is 12.2. The van der Waals surface area contributed by atoms with Crippen molar-refractivity contribution in [3.8, 4) is 5.75 Å². The van der Waals surface area contributed by atoms with Crippen LogP contribution in [0.25, 0.3) is 0 Å². The van der Waals surface area contributed by atoms with E-state index in [0.717, 1.165) is 25.0 Å². The highest BCUT2D eigenvalue weighted by atomic mass is 16.5. The SMILES string of the molecule is CCC(C)c1ccccc1OCC(=O)NC1CC2CCC(C1)N2. The quantitative estimate of drug-likeness (QED) is 0.848. The lowest BCUT2D eigenvalue weighted by Gasteiger charge is -2.29. The Morgan fingerprint density at radius 3 is 2.70 bits per heavy atom. The van der Waals surface area contributed by atoms with Crippen LogP contribution in [0.15, 0.2) is 24.3 Å². The number of ether oxygens (including phenoxy) is 1. The van der Waals surface area contributed by atoms with Gasteiger partial charge in [0, 0.05) is 18.1 Å². The molecule has 0 spiro atoms. The van der Waals surface area contributed by atoms with Gasteiger partial charge in [0.1, 0.15) is 5.75 Å². The minimum absolute atomic E-state index is 0.00439. The first-order valence-corrected chi connectivity index (χ1v) is 8.92. The van der Waals surface area contributed by atoms with Gasteiger partial charge in [-0.05, 0) is 49.7 Å². The highest BCUT2D eigenvalue weighted by Crippen LogP contribution is 2.29. The minimum atomic E-state index is -0.00439. The summed E-state index contributed by atoms with van der Waals surface area (Å²) in [5, 5.41) is 6.74. The van der Waals surface area contributed by atoms with Crippen LogP contribution in [0.4, 0.5) is 0 Å². The molecule has 2 aliphatic rings. The molecule has 3 rings (SSSR count). The van der Waals surface area contributed by atoms with Gasteiger partial charge in [-0.25, -0.2) is 0 Å². The molecule has 126 valence electrons. The van der Waals surface area contributed by atoms with E-state index in [1.807, 2.05) is 18.2 Å². The molecule has 1 aromatic rings. The number of piperidine rings is 1. The van der Waals surface area contributed by atoms with Crippen molar-refractivity contribution in [2.45, 2.75) is 70.0 Å². The zero-order valence-electron chi connectivity index (χ0n) is 14.2. The van der Waals surface area contributed by atoms with Crippen LogP contribution in [0.3, 0.4) is 0 Å². The lowest BCUT2D eigenvalue weighted by atomic mass is 9.98. The van der Waals surface area contributed by atoms with E-state index in [-0.39, 0.29) is 12.5 Å². The molecule has 2 saturated heterocycles. The number of rotatable bonds is 6. The summed E-state index contributed by atoms with van der Waals surface area (Å²) in [6.07, 6.45) is 5.65. The molecule has 2 aliphatic heterocycles. The van der Waals surface area contributed by atoms with Crippen LogP contribution in [0.5, 0.6) is 5.75 Å². The summed E-state index contributed by atoms with van der Waals surface area (Å²) < 4.78 is 5.81. The summed E-state index contributed by atoms with van der Waals surface area (Å²) in [4.78, 5) is 12.2. The summed E-state index contributed by atoms with van der Waals surface area (Å²) in [5.41, 5.74) is 1.18. The molecule has 3 unspecified atom stereocenters. The van der Waals surface area contributed by atoms with E-state index in [4.69, 9.17) is 4.74 Å². The van der Waals surface area contributed by atoms with Gasteiger partial charge in [-0.1, -0.05) is 32.0 Å². The average molecular weight is 316 g/mol. The van der Waals surface area contributed by atoms with Crippen molar-refractivity contribution in [1.29, 1.82) is 0 Å². The Kier molecular flexibility index (Phi) is 5.21. The number of nitrogens with one attached hydrogen (secondary N) is 2. The fourth-order valence-electron chi connectivity index (χ4n) is 3.83. The van der Waals surface area contributed by atoms with Crippen molar-refractivity contribution < 1.29 is 9.53 Å². The molecule has 0 radical (unpaired) electrons. The van der Waals surface area contributed by atoms with Crippen LogP contribution in [-0.4, -0.2) is 30.6 Å². The van der Waals surface area contributed by atoms with Crippen molar-refractivity contribution in [3.05, 3.63) is 29.8 Å². The smallest absolute Gasteiger partial charge is 0.258 e. The van der Waals surface area contributed by atoms with Crippen LogP contribution >= 0.6 is 0 Å². The third-order valence-corrected chi connectivity index (χ3v) is 5.26. The zero-order valence-corrected chi connectivity index (χ0v) is 14.2. The molecule has 3 atom stereocenters. The standard InChI is InChI=1S/C19H28N2O2/c1-3-13(2)17-6-4-5-7-18(17)23-12-19(22)21-16-10-14-8-9-15(11-16)20-14/h4-7,13-16,20H,3,8-12H2,1-2H3,(H,21,22). The molecule has 4 nitrogen and oxygen atoms in total.